The van der Waals surface area contributed by atoms with Crippen LogP contribution in [0.3, 0.4) is 0 Å². The molecule has 0 fully saturated rings. The molecule has 1 N–H and O–H groups in total. The summed E-state index contributed by atoms with van der Waals surface area (Å²) in [4.78, 5) is 10.7. The van der Waals surface area contributed by atoms with Crippen molar-refractivity contribution in [1.29, 1.82) is 0 Å². The van der Waals surface area contributed by atoms with Gasteiger partial charge in [0.05, 0.1) is 15.9 Å². The zero-order valence-electron chi connectivity index (χ0n) is 14.5. The number of para-hydroxylation sites is 1. The highest BCUT2D eigenvalue weighted by Crippen LogP contribution is 2.35. The molecule has 6 heteroatoms. The molecule has 5 rings (SSSR count). The molecule has 0 aliphatic rings. The molecule has 0 spiro atoms. The van der Waals surface area contributed by atoms with E-state index >= 15 is 0 Å². The van der Waals surface area contributed by atoms with Crippen LogP contribution < -0.4 is 5.32 Å². The zero-order valence-corrected chi connectivity index (χ0v) is 16.9. The molecule has 132 valence electrons. The molecule has 2 heterocycles. The van der Waals surface area contributed by atoms with Crippen LogP contribution in [0.2, 0.25) is 0 Å². The maximum Gasteiger partial charge on any atom is 0.190 e. The lowest BCUT2D eigenvalue weighted by Crippen LogP contribution is -1.88. The molecular weight excluding hydrogens is 390 g/mol. The van der Waals surface area contributed by atoms with Crippen molar-refractivity contribution in [1.82, 2.24) is 9.97 Å². The van der Waals surface area contributed by atoms with E-state index in [2.05, 4.69) is 77.6 Å². The molecule has 3 nitrogen and oxygen atoms in total. The van der Waals surface area contributed by atoms with Crippen LogP contribution in [0.1, 0.15) is 0 Å². The highest BCUT2D eigenvalue weighted by molar-refractivity contribution is 7.98. The first-order valence-electron chi connectivity index (χ1n) is 8.45. The van der Waals surface area contributed by atoms with Crippen LogP contribution in [0.15, 0.2) is 70.9 Å². The summed E-state index contributed by atoms with van der Waals surface area (Å²) in [6, 6.07) is 21.2. The number of hydrogen-bond donors (Lipinski definition) is 1. The monoisotopic (exact) mass is 405 g/mol. The van der Waals surface area contributed by atoms with Crippen LogP contribution in [0.25, 0.3) is 32.2 Å². The van der Waals surface area contributed by atoms with Crippen molar-refractivity contribution in [2.45, 2.75) is 4.90 Å². The van der Waals surface area contributed by atoms with Gasteiger partial charge in [0, 0.05) is 15.8 Å². The normalized spacial score (nSPS) is 11.3. The second-order valence-electron chi connectivity index (χ2n) is 6.05. The highest BCUT2D eigenvalue weighted by Gasteiger charge is 2.10. The summed E-state index contributed by atoms with van der Waals surface area (Å²) < 4.78 is 1.19. The number of benzene rings is 3. The minimum atomic E-state index is 0.864. The number of anilines is 2. The van der Waals surface area contributed by atoms with E-state index in [1.54, 1.807) is 34.4 Å². The lowest BCUT2D eigenvalue weighted by Gasteiger charge is -2.01. The maximum absolute atomic E-state index is 4.76. The predicted molar refractivity (Wildman–Crippen MR) is 120 cm³/mol. The van der Waals surface area contributed by atoms with Crippen molar-refractivity contribution in [3.63, 3.8) is 0 Å². The predicted octanol–water partition coefficient (Wildman–Crippen LogP) is 7.04. The zero-order chi connectivity index (χ0) is 18.2. The minimum absolute atomic E-state index is 0.864. The number of nitrogens with zero attached hydrogens (tertiary/aromatic N) is 2. The van der Waals surface area contributed by atoms with E-state index in [4.69, 9.17) is 9.97 Å². The molecule has 0 bridgehead atoms. The van der Waals surface area contributed by atoms with Gasteiger partial charge in [-0.15, -0.1) is 23.1 Å². The third-order valence-corrected chi connectivity index (χ3v) is 6.83. The fourth-order valence-corrected chi connectivity index (χ4v) is 5.35. The summed E-state index contributed by atoms with van der Waals surface area (Å²) in [5, 5.41) is 9.69. The molecular formula is C21H15N3S3. The van der Waals surface area contributed by atoms with E-state index in [1.807, 2.05) is 0 Å². The van der Waals surface area contributed by atoms with Crippen LogP contribution in [0.5, 0.6) is 0 Å². The number of thiazole rings is 2. The number of rotatable bonds is 4. The van der Waals surface area contributed by atoms with Crippen LogP contribution in [0, 0.1) is 0 Å². The van der Waals surface area contributed by atoms with Gasteiger partial charge >= 0.3 is 0 Å². The Balaban J connectivity index is 1.45. The van der Waals surface area contributed by atoms with E-state index < -0.39 is 0 Å². The van der Waals surface area contributed by atoms with E-state index in [0.717, 1.165) is 27.0 Å². The first-order chi connectivity index (χ1) is 13.3. The summed E-state index contributed by atoms with van der Waals surface area (Å²) in [5.74, 6) is 0. The van der Waals surface area contributed by atoms with Gasteiger partial charge < -0.3 is 5.32 Å². The Hall–Kier alpha value is -2.41. The number of thioether (sulfide) groups is 1. The lowest BCUT2D eigenvalue weighted by atomic mass is 10.1. The summed E-state index contributed by atoms with van der Waals surface area (Å²) in [5.41, 5.74) is 3.18. The largest absolute Gasteiger partial charge is 0.307 e. The first-order valence-corrected chi connectivity index (χ1v) is 11.4. The van der Waals surface area contributed by atoms with Crippen LogP contribution in [-0.4, -0.2) is 16.2 Å². The van der Waals surface area contributed by atoms with Gasteiger partial charge in [-0.05, 0) is 35.2 Å². The van der Waals surface area contributed by atoms with Gasteiger partial charge in [-0.1, -0.05) is 53.8 Å². The van der Waals surface area contributed by atoms with E-state index in [-0.39, 0.29) is 0 Å². The molecule has 0 saturated carbocycles. The molecule has 0 radical (unpaired) electrons. The Morgan fingerprint density at radius 2 is 1.78 bits per heavy atom. The highest BCUT2D eigenvalue weighted by atomic mass is 32.2. The van der Waals surface area contributed by atoms with Crippen LogP contribution in [-0.2, 0) is 0 Å². The smallest absolute Gasteiger partial charge is 0.190 e. The van der Waals surface area contributed by atoms with E-state index in [0.29, 0.717) is 0 Å². The van der Waals surface area contributed by atoms with Crippen molar-refractivity contribution in [2.75, 3.05) is 11.6 Å². The Morgan fingerprint density at radius 1 is 0.889 bits per heavy atom. The molecule has 0 unspecified atom stereocenters. The van der Waals surface area contributed by atoms with Gasteiger partial charge in [0.2, 0.25) is 0 Å². The Labute approximate surface area is 169 Å². The molecule has 2 aromatic heterocycles. The van der Waals surface area contributed by atoms with E-state index in [1.165, 1.54) is 20.4 Å². The lowest BCUT2D eigenvalue weighted by molar-refractivity contribution is 1.35. The fraction of sp³-hybridized carbons (Fsp3) is 0.0476. The molecule has 0 aliphatic heterocycles. The number of hydrogen-bond acceptors (Lipinski definition) is 6. The molecule has 0 saturated heterocycles. The van der Waals surface area contributed by atoms with Crippen LogP contribution >= 0.6 is 34.4 Å². The third-order valence-electron chi connectivity index (χ3n) is 4.37. The molecule has 0 amide bonds. The third kappa shape index (κ3) is 3.20. The van der Waals surface area contributed by atoms with Crippen molar-refractivity contribution in [3.8, 4) is 11.3 Å². The van der Waals surface area contributed by atoms with Gasteiger partial charge in [-0.2, -0.15) is 0 Å². The summed E-state index contributed by atoms with van der Waals surface area (Å²) in [6.45, 7) is 0. The van der Waals surface area contributed by atoms with Gasteiger partial charge in [-0.25, -0.2) is 9.97 Å². The van der Waals surface area contributed by atoms with Gasteiger partial charge in [0.1, 0.15) is 0 Å². The second-order valence-corrected chi connectivity index (χ2v) is 8.79. The van der Waals surface area contributed by atoms with Crippen molar-refractivity contribution in [3.05, 3.63) is 66.0 Å². The topological polar surface area (TPSA) is 37.8 Å². The van der Waals surface area contributed by atoms with Crippen molar-refractivity contribution < 1.29 is 0 Å². The SMILES string of the molecule is CSc1cccc2sc(Nc3nc(-c4ccc5ccccc5c4)cs3)nc12. The average Bonchev–Trinajstić information content (AvgIpc) is 3.34. The number of aromatic nitrogens is 2. The van der Waals surface area contributed by atoms with Gasteiger partial charge in [-0.3, -0.25) is 0 Å². The standard InChI is InChI=1S/C21H15N3S3/c1-25-17-7-4-8-18-19(17)23-21(27-18)24-20-22-16(12-26-20)15-10-9-13-5-2-3-6-14(13)11-15/h2-12H,1H3,(H,22,23,24). The van der Waals surface area contributed by atoms with Crippen molar-refractivity contribution >= 4 is 65.7 Å². The summed E-state index contributed by atoms with van der Waals surface area (Å²) in [7, 11) is 0. The van der Waals surface area contributed by atoms with Crippen LogP contribution in [0.4, 0.5) is 10.3 Å². The Kier molecular flexibility index (Phi) is 4.32. The van der Waals surface area contributed by atoms with Crippen molar-refractivity contribution in [2.24, 2.45) is 0 Å². The maximum atomic E-state index is 4.76. The van der Waals surface area contributed by atoms with E-state index in [9.17, 15) is 0 Å². The number of nitrogens with one attached hydrogen (secondary N) is 1. The summed E-state index contributed by atoms with van der Waals surface area (Å²) in [6.07, 6.45) is 2.08. The number of fused-ring (bicyclic) bond motifs is 2. The van der Waals surface area contributed by atoms with Gasteiger partial charge in [0.25, 0.3) is 0 Å². The summed E-state index contributed by atoms with van der Waals surface area (Å²) >= 11 is 4.99. The molecule has 0 atom stereocenters. The van der Waals surface area contributed by atoms with Gasteiger partial charge in [0.15, 0.2) is 10.3 Å². The minimum Gasteiger partial charge on any atom is -0.307 e. The molecule has 27 heavy (non-hydrogen) atoms. The molecule has 0 aliphatic carbocycles. The fourth-order valence-electron chi connectivity index (χ4n) is 3.05. The Morgan fingerprint density at radius 3 is 2.67 bits per heavy atom. The average molecular weight is 406 g/mol. The quantitative estimate of drug-likeness (QED) is 0.325. The molecule has 5 aromatic rings. The second kappa shape index (κ2) is 6.96. The Bertz CT molecular complexity index is 1260. The first kappa shape index (κ1) is 16.7. The molecule has 3 aromatic carbocycles.